The van der Waals surface area contributed by atoms with Gasteiger partial charge in [-0.1, -0.05) is 120 Å². The number of hydrogen-bond donors (Lipinski definition) is 0. The van der Waals surface area contributed by atoms with Gasteiger partial charge in [0.1, 0.15) is 0 Å². The quantitative estimate of drug-likeness (QED) is 0.218. The first kappa shape index (κ1) is 23.3. The SMILES string of the molecule is Clc1ccc(C2=Cc3ccccc3C2c2ccc(C3C(c4ccc(Cl)cc4)=Cc4ccccc43)cc2)cc1. The second-order valence-corrected chi connectivity index (χ2v) is 10.9. The van der Waals surface area contributed by atoms with E-state index in [1.54, 1.807) is 0 Å². The van der Waals surface area contributed by atoms with Crippen molar-refractivity contribution in [3.63, 3.8) is 0 Å². The predicted octanol–water partition coefficient (Wildman–Crippen LogP) is 10.4. The Bertz CT molecular complexity index is 1580. The molecule has 2 aliphatic rings. The molecule has 2 heteroatoms. The first-order valence-corrected chi connectivity index (χ1v) is 13.6. The molecule has 38 heavy (non-hydrogen) atoms. The number of fused-ring (bicyclic) bond motifs is 2. The lowest BCUT2D eigenvalue weighted by molar-refractivity contribution is 1.03. The predicted molar refractivity (Wildman–Crippen MR) is 162 cm³/mol. The molecule has 0 aromatic heterocycles. The molecule has 0 fully saturated rings. The van der Waals surface area contributed by atoms with Crippen molar-refractivity contribution < 1.29 is 0 Å². The largest absolute Gasteiger partial charge is 0.0843 e. The number of benzene rings is 5. The minimum Gasteiger partial charge on any atom is -0.0843 e. The summed E-state index contributed by atoms with van der Waals surface area (Å²) in [5.74, 6) is 0.368. The minimum absolute atomic E-state index is 0.184. The normalized spacial score (nSPS) is 17.5. The summed E-state index contributed by atoms with van der Waals surface area (Å²) >= 11 is 12.4. The van der Waals surface area contributed by atoms with Gasteiger partial charge in [-0.05, 0) is 92.1 Å². The van der Waals surface area contributed by atoms with Crippen molar-refractivity contribution in [3.8, 4) is 0 Å². The van der Waals surface area contributed by atoms with E-state index in [0.29, 0.717) is 0 Å². The van der Waals surface area contributed by atoms with Crippen molar-refractivity contribution in [2.24, 2.45) is 0 Å². The van der Waals surface area contributed by atoms with Crippen LogP contribution < -0.4 is 0 Å². The summed E-state index contributed by atoms with van der Waals surface area (Å²) in [4.78, 5) is 0. The van der Waals surface area contributed by atoms with Crippen molar-refractivity contribution in [2.45, 2.75) is 11.8 Å². The molecule has 0 saturated heterocycles. The van der Waals surface area contributed by atoms with E-state index in [2.05, 4.69) is 109 Å². The van der Waals surface area contributed by atoms with Crippen LogP contribution in [0.2, 0.25) is 10.0 Å². The van der Waals surface area contributed by atoms with E-state index in [1.807, 2.05) is 24.3 Å². The first-order chi connectivity index (χ1) is 18.7. The van der Waals surface area contributed by atoms with E-state index in [4.69, 9.17) is 23.2 Å². The summed E-state index contributed by atoms with van der Waals surface area (Å²) < 4.78 is 0. The third-order valence-electron chi connectivity index (χ3n) is 7.82. The molecule has 0 spiro atoms. The molecular weight excluding hydrogens is 503 g/mol. The topological polar surface area (TPSA) is 0 Å². The highest BCUT2D eigenvalue weighted by Crippen LogP contribution is 2.48. The third kappa shape index (κ3) is 4.02. The summed E-state index contributed by atoms with van der Waals surface area (Å²) in [5.41, 5.74) is 12.9. The Kier molecular flexibility index (Phi) is 5.81. The van der Waals surface area contributed by atoms with Gasteiger partial charge < -0.3 is 0 Å². The molecule has 182 valence electrons. The lowest BCUT2D eigenvalue weighted by Gasteiger charge is -2.21. The van der Waals surface area contributed by atoms with Crippen LogP contribution >= 0.6 is 23.2 Å². The van der Waals surface area contributed by atoms with Crippen LogP contribution in [0.25, 0.3) is 23.3 Å². The molecule has 0 amide bonds. The van der Waals surface area contributed by atoms with Gasteiger partial charge in [0.05, 0.1) is 0 Å². The van der Waals surface area contributed by atoms with Crippen molar-refractivity contribution >= 4 is 46.5 Å². The number of halogens is 2. The molecule has 0 aliphatic heterocycles. The maximum absolute atomic E-state index is 6.21. The second-order valence-electron chi connectivity index (χ2n) is 10.0. The second kappa shape index (κ2) is 9.48. The fourth-order valence-electron chi connectivity index (χ4n) is 6.03. The summed E-state index contributed by atoms with van der Waals surface area (Å²) in [5, 5.41) is 1.51. The van der Waals surface area contributed by atoms with E-state index >= 15 is 0 Å². The Balaban J connectivity index is 1.29. The highest BCUT2D eigenvalue weighted by Gasteiger charge is 2.30. The molecular formula is C36H24Cl2. The van der Waals surface area contributed by atoms with E-state index in [-0.39, 0.29) is 11.8 Å². The van der Waals surface area contributed by atoms with E-state index in [1.165, 1.54) is 55.7 Å². The fraction of sp³-hybridized carbons (Fsp3) is 0.0556. The van der Waals surface area contributed by atoms with Crippen LogP contribution in [0.4, 0.5) is 0 Å². The zero-order valence-electron chi connectivity index (χ0n) is 20.6. The molecule has 5 aromatic carbocycles. The first-order valence-electron chi connectivity index (χ1n) is 12.9. The van der Waals surface area contributed by atoms with Gasteiger partial charge in [-0.3, -0.25) is 0 Å². The molecule has 0 bridgehead atoms. The smallest absolute Gasteiger partial charge is 0.0406 e. The van der Waals surface area contributed by atoms with Crippen molar-refractivity contribution in [2.75, 3.05) is 0 Å². The van der Waals surface area contributed by atoms with Gasteiger partial charge >= 0.3 is 0 Å². The lowest BCUT2D eigenvalue weighted by Crippen LogP contribution is -2.04. The van der Waals surface area contributed by atoms with Crippen LogP contribution in [0.1, 0.15) is 56.3 Å². The highest BCUT2D eigenvalue weighted by atomic mass is 35.5. The molecule has 0 saturated carbocycles. The third-order valence-corrected chi connectivity index (χ3v) is 8.32. The van der Waals surface area contributed by atoms with Gasteiger partial charge in [0.25, 0.3) is 0 Å². The molecule has 2 unspecified atom stereocenters. The molecule has 0 radical (unpaired) electrons. The number of rotatable bonds is 4. The maximum Gasteiger partial charge on any atom is 0.0406 e. The van der Waals surface area contributed by atoms with Gasteiger partial charge in [0.2, 0.25) is 0 Å². The monoisotopic (exact) mass is 526 g/mol. The van der Waals surface area contributed by atoms with Crippen LogP contribution in [0, 0.1) is 0 Å². The van der Waals surface area contributed by atoms with Crippen LogP contribution in [0.5, 0.6) is 0 Å². The van der Waals surface area contributed by atoms with Crippen molar-refractivity contribution in [3.05, 3.63) is 176 Å². The maximum atomic E-state index is 6.21. The summed E-state index contributed by atoms with van der Waals surface area (Å²) in [6.45, 7) is 0. The van der Waals surface area contributed by atoms with Gasteiger partial charge in [0.15, 0.2) is 0 Å². The molecule has 2 aliphatic carbocycles. The van der Waals surface area contributed by atoms with Gasteiger partial charge in [0, 0.05) is 21.9 Å². The van der Waals surface area contributed by atoms with E-state index in [9.17, 15) is 0 Å². The Morgan fingerprint density at radius 1 is 0.395 bits per heavy atom. The number of hydrogen-bond acceptors (Lipinski definition) is 0. The van der Waals surface area contributed by atoms with Crippen LogP contribution in [0.3, 0.4) is 0 Å². The number of allylic oxidation sites excluding steroid dienone is 2. The molecule has 0 heterocycles. The van der Waals surface area contributed by atoms with Gasteiger partial charge in [-0.25, -0.2) is 0 Å². The standard InChI is InChI=1S/C36H24Cl2/c37-29-17-13-23(14-18-29)33-21-27-5-1-3-7-31(27)35(33)25-9-11-26(12-10-25)36-32-8-4-2-6-28(32)22-34(36)24-15-19-30(38)20-16-24/h1-22,35-36H. The van der Waals surface area contributed by atoms with Gasteiger partial charge in [-0.2, -0.15) is 0 Å². The van der Waals surface area contributed by atoms with Crippen LogP contribution in [-0.2, 0) is 0 Å². The molecule has 0 N–H and O–H groups in total. The van der Waals surface area contributed by atoms with Gasteiger partial charge in [-0.15, -0.1) is 0 Å². The zero-order valence-corrected chi connectivity index (χ0v) is 22.1. The highest BCUT2D eigenvalue weighted by molar-refractivity contribution is 6.30. The van der Waals surface area contributed by atoms with Crippen LogP contribution in [-0.4, -0.2) is 0 Å². The Morgan fingerprint density at radius 3 is 1.16 bits per heavy atom. The summed E-state index contributed by atoms with van der Waals surface area (Å²) in [7, 11) is 0. The summed E-state index contributed by atoms with van der Waals surface area (Å²) in [6.07, 6.45) is 4.65. The van der Waals surface area contributed by atoms with Crippen molar-refractivity contribution in [1.29, 1.82) is 0 Å². The zero-order chi connectivity index (χ0) is 25.6. The molecule has 0 nitrogen and oxygen atoms in total. The molecule has 7 rings (SSSR count). The summed E-state index contributed by atoms with van der Waals surface area (Å²) in [6, 6.07) is 43.1. The van der Waals surface area contributed by atoms with Crippen molar-refractivity contribution in [1.82, 2.24) is 0 Å². The average molecular weight is 527 g/mol. The lowest BCUT2D eigenvalue weighted by atomic mass is 9.82. The Labute approximate surface area is 233 Å². The Morgan fingerprint density at radius 2 is 0.763 bits per heavy atom. The fourth-order valence-corrected chi connectivity index (χ4v) is 6.28. The molecule has 5 aromatic rings. The minimum atomic E-state index is 0.184. The molecule has 2 atom stereocenters. The average Bonchev–Trinajstić information content (AvgIpc) is 3.53. The Hall–Kier alpha value is -3.84. The van der Waals surface area contributed by atoms with E-state index < -0.39 is 0 Å². The van der Waals surface area contributed by atoms with Crippen LogP contribution in [0.15, 0.2) is 121 Å². The van der Waals surface area contributed by atoms with E-state index in [0.717, 1.165) is 10.0 Å².